The summed E-state index contributed by atoms with van der Waals surface area (Å²) in [4.78, 5) is 28.4. The summed E-state index contributed by atoms with van der Waals surface area (Å²) in [5, 5.41) is 2.84. The van der Waals surface area contributed by atoms with Crippen molar-refractivity contribution in [1.82, 2.24) is 10.2 Å². The molecule has 1 unspecified atom stereocenters. The maximum absolute atomic E-state index is 13.9. The lowest BCUT2D eigenvalue weighted by molar-refractivity contribution is -0.140. The molecule has 0 saturated heterocycles. The molecule has 1 N–H and O–H groups in total. The van der Waals surface area contributed by atoms with Gasteiger partial charge in [0.15, 0.2) is 0 Å². The SMILES string of the molecule is CCCNC(=O)C(CC)N(Cc1ccc(F)cc1)C(=O)CN(c1cccc(C)c1)S(=O)(=O)c1ccccc1. The minimum atomic E-state index is -4.11. The molecule has 7 nitrogen and oxygen atoms in total. The van der Waals surface area contributed by atoms with E-state index in [-0.39, 0.29) is 17.3 Å². The number of sulfonamides is 1. The summed E-state index contributed by atoms with van der Waals surface area (Å²) in [6.45, 7) is 5.51. The largest absolute Gasteiger partial charge is 0.354 e. The van der Waals surface area contributed by atoms with Gasteiger partial charge in [0.05, 0.1) is 10.6 Å². The first kappa shape index (κ1) is 28.8. The Morgan fingerprint density at radius 1 is 0.947 bits per heavy atom. The monoisotopic (exact) mass is 539 g/mol. The van der Waals surface area contributed by atoms with Crippen LogP contribution in [0.1, 0.15) is 37.8 Å². The summed E-state index contributed by atoms with van der Waals surface area (Å²) in [5.74, 6) is -1.29. The van der Waals surface area contributed by atoms with Gasteiger partial charge >= 0.3 is 0 Å². The lowest BCUT2D eigenvalue weighted by Crippen LogP contribution is -2.52. The molecule has 3 aromatic rings. The quantitative estimate of drug-likeness (QED) is 0.363. The average molecular weight is 540 g/mol. The van der Waals surface area contributed by atoms with Crippen LogP contribution < -0.4 is 9.62 Å². The van der Waals surface area contributed by atoms with Gasteiger partial charge in [-0.2, -0.15) is 0 Å². The number of rotatable bonds is 12. The Balaban J connectivity index is 2.03. The Morgan fingerprint density at radius 3 is 2.24 bits per heavy atom. The van der Waals surface area contributed by atoms with Crippen LogP contribution >= 0.6 is 0 Å². The van der Waals surface area contributed by atoms with Crippen LogP contribution in [0.5, 0.6) is 0 Å². The molecule has 0 aliphatic rings. The number of benzene rings is 3. The van der Waals surface area contributed by atoms with Crippen LogP contribution in [0.15, 0.2) is 83.8 Å². The van der Waals surface area contributed by atoms with Crippen LogP contribution in [0.3, 0.4) is 0 Å². The van der Waals surface area contributed by atoms with Crippen molar-refractivity contribution in [2.75, 3.05) is 17.4 Å². The fourth-order valence-electron chi connectivity index (χ4n) is 4.10. The van der Waals surface area contributed by atoms with Crippen molar-refractivity contribution in [2.24, 2.45) is 0 Å². The maximum atomic E-state index is 13.9. The second kappa shape index (κ2) is 13.2. The molecule has 0 aliphatic carbocycles. The number of halogens is 1. The highest BCUT2D eigenvalue weighted by molar-refractivity contribution is 7.92. The number of anilines is 1. The predicted octanol–water partition coefficient (Wildman–Crippen LogP) is 4.66. The van der Waals surface area contributed by atoms with Crippen LogP contribution in [0.4, 0.5) is 10.1 Å². The van der Waals surface area contributed by atoms with E-state index in [1.165, 1.54) is 29.2 Å². The molecule has 3 aromatic carbocycles. The second-order valence-corrected chi connectivity index (χ2v) is 10.9. The summed E-state index contributed by atoms with van der Waals surface area (Å²) >= 11 is 0. The van der Waals surface area contributed by atoms with Crippen LogP contribution in [0.2, 0.25) is 0 Å². The van der Waals surface area contributed by atoms with Gasteiger partial charge in [-0.15, -0.1) is 0 Å². The minimum Gasteiger partial charge on any atom is -0.354 e. The standard InChI is InChI=1S/C29H34FN3O4S/c1-4-18-31-29(35)27(5-2)32(20-23-14-16-24(30)17-15-23)28(34)21-33(25-11-9-10-22(3)19-25)38(36,37)26-12-7-6-8-13-26/h6-17,19,27H,4-5,18,20-21H2,1-3H3,(H,31,35). The van der Waals surface area contributed by atoms with Crippen LogP contribution in [-0.4, -0.2) is 44.3 Å². The molecule has 0 aliphatic heterocycles. The van der Waals surface area contributed by atoms with E-state index < -0.39 is 34.3 Å². The van der Waals surface area contributed by atoms with Gasteiger partial charge < -0.3 is 10.2 Å². The van der Waals surface area contributed by atoms with Gasteiger partial charge in [-0.1, -0.05) is 56.3 Å². The van der Waals surface area contributed by atoms with E-state index in [1.807, 2.05) is 19.9 Å². The van der Waals surface area contributed by atoms with Gasteiger partial charge in [-0.3, -0.25) is 13.9 Å². The number of hydrogen-bond acceptors (Lipinski definition) is 4. The molecule has 0 spiro atoms. The van der Waals surface area contributed by atoms with Crippen LogP contribution in [0, 0.1) is 12.7 Å². The van der Waals surface area contributed by atoms with E-state index in [2.05, 4.69) is 5.32 Å². The Kier molecular flexibility index (Phi) is 10.0. The van der Waals surface area contributed by atoms with Crippen molar-refractivity contribution in [3.63, 3.8) is 0 Å². The third-order valence-electron chi connectivity index (χ3n) is 6.10. The number of hydrogen-bond donors (Lipinski definition) is 1. The van der Waals surface area contributed by atoms with Crippen LogP contribution in [0.25, 0.3) is 0 Å². The molecule has 3 rings (SSSR count). The highest BCUT2D eigenvalue weighted by Crippen LogP contribution is 2.25. The van der Waals surface area contributed by atoms with Gasteiger partial charge in [0.1, 0.15) is 18.4 Å². The lowest BCUT2D eigenvalue weighted by atomic mass is 10.1. The third-order valence-corrected chi connectivity index (χ3v) is 7.89. The molecule has 0 bridgehead atoms. The van der Waals surface area contributed by atoms with Crippen molar-refractivity contribution in [2.45, 2.75) is 51.1 Å². The fourth-order valence-corrected chi connectivity index (χ4v) is 5.53. The molecule has 0 fully saturated rings. The average Bonchev–Trinajstić information content (AvgIpc) is 2.91. The fraction of sp³-hybridized carbons (Fsp3) is 0.310. The molecule has 0 saturated carbocycles. The van der Waals surface area contributed by atoms with Crippen molar-refractivity contribution < 1.29 is 22.4 Å². The zero-order chi connectivity index (χ0) is 27.7. The summed E-state index contributed by atoms with van der Waals surface area (Å²) in [7, 11) is -4.11. The molecule has 0 radical (unpaired) electrons. The van der Waals surface area contributed by atoms with Gasteiger partial charge in [0.2, 0.25) is 11.8 Å². The topological polar surface area (TPSA) is 86.8 Å². The first-order valence-electron chi connectivity index (χ1n) is 12.6. The Hall–Kier alpha value is -3.72. The van der Waals surface area contributed by atoms with E-state index in [0.717, 1.165) is 16.3 Å². The molecule has 202 valence electrons. The molecule has 9 heteroatoms. The molecule has 1 atom stereocenters. The molecule has 38 heavy (non-hydrogen) atoms. The summed E-state index contributed by atoms with van der Waals surface area (Å²) in [6, 6.07) is 19.6. The van der Waals surface area contributed by atoms with Crippen LogP contribution in [-0.2, 0) is 26.2 Å². The Labute approximate surface area is 224 Å². The van der Waals surface area contributed by atoms with E-state index in [4.69, 9.17) is 0 Å². The summed E-state index contributed by atoms with van der Waals surface area (Å²) in [6.07, 6.45) is 1.04. The van der Waals surface area contributed by atoms with Crippen molar-refractivity contribution in [3.8, 4) is 0 Å². The highest BCUT2D eigenvalue weighted by Gasteiger charge is 2.33. The maximum Gasteiger partial charge on any atom is 0.264 e. The first-order valence-corrected chi connectivity index (χ1v) is 14.1. The lowest BCUT2D eigenvalue weighted by Gasteiger charge is -2.33. The van der Waals surface area contributed by atoms with Crippen molar-refractivity contribution in [3.05, 3.63) is 95.8 Å². The number of carbonyl (C=O) groups is 2. The summed E-state index contributed by atoms with van der Waals surface area (Å²) in [5.41, 5.74) is 1.79. The highest BCUT2D eigenvalue weighted by atomic mass is 32.2. The third kappa shape index (κ3) is 7.19. The predicted molar refractivity (Wildman–Crippen MR) is 146 cm³/mol. The van der Waals surface area contributed by atoms with Gasteiger partial charge in [0.25, 0.3) is 10.0 Å². The zero-order valence-corrected chi connectivity index (χ0v) is 22.7. The first-order chi connectivity index (χ1) is 18.2. The minimum absolute atomic E-state index is 0.0181. The van der Waals surface area contributed by atoms with Gasteiger partial charge in [0, 0.05) is 13.1 Å². The molecular formula is C29H34FN3O4S. The smallest absolute Gasteiger partial charge is 0.264 e. The van der Waals surface area contributed by atoms with Gasteiger partial charge in [-0.05, 0) is 67.3 Å². The number of nitrogens with zero attached hydrogens (tertiary/aromatic N) is 2. The van der Waals surface area contributed by atoms with E-state index in [9.17, 15) is 22.4 Å². The van der Waals surface area contributed by atoms with Gasteiger partial charge in [-0.25, -0.2) is 12.8 Å². The molecular weight excluding hydrogens is 505 g/mol. The number of aryl methyl sites for hydroxylation is 1. The molecule has 0 aromatic heterocycles. The van der Waals surface area contributed by atoms with E-state index in [1.54, 1.807) is 55.5 Å². The van der Waals surface area contributed by atoms with Crippen molar-refractivity contribution >= 4 is 27.5 Å². The Bertz CT molecular complexity index is 1330. The zero-order valence-electron chi connectivity index (χ0n) is 21.9. The second-order valence-electron chi connectivity index (χ2n) is 9.03. The number of amides is 2. The van der Waals surface area contributed by atoms with E-state index in [0.29, 0.717) is 24.2 Å². The summed E-state index contributed by atoms with van der Waals surface area (Å²) < 4.78 is 42.1. The number of carbonyl (C=O) groups excluding carboxylic acids is 2. The normalized spacial score (nSPS) is 12.0. The molecule has 0 heterocycles. The molecule has 2 amide bonds. The van der Waals surface area contributed by atoms with Crippen molar-refractivity contribution in [1.29, 1.82) is 0 Å². The number of nitrogens with one attached hydrogen (secondary N) is 1. The van der Waals surface area contributed by atoms with E-state index >= 15 is 0 Å². The Morgan fingerprint density at radius 2 is 1.63 bits per heavy atom.